The Balaban J connectivity index is 1.62. The Bertz CT molecular complexity index is 1120. The number of nitrogens with zero attached hydrogens (tertiary/aromatic N) is 3. The zero-order valence-corrected chi connectivity index (χ0v) is 13.3. The number of thiazole rings is 1. The summed E-state index contributed by atoms with van der Waals surface area (Å²) in [6.07, 6.45) is 2.92. The molecule has 0 fully saturated rings. The molecule has 0 bridgehead atoms. The Labute approximate surface area is 140 Å². The van der Waals surface area contributed by atoms with E-state index in [1.165, 1.54) is 21.9 Å². The van der Waals surface area contributed by atoms with E-state index in [0.717, 1.165) is 15.8 Å². The van der Waals surface area contributed by atoms with Crippen molar-refractivity contribution >= 4 is 33.1 Å². The minimum Gasteiger partial charge on any atom is -0.348 e. The Morgan fingerprint density at radius 1 is 1.17 bits per heavy atom. The Hall–Kier alpha value is -3.06. The van der Waals surface area contributed by atoms with Crippen LogP contribution < -0.4 is 10.9 Å². The lowest BCUT2D eigenvalue weighted by Gasteiger charge is -2.07. The molecule has 0 spiro atoms. The van der Waals surface area contributed by atoms with Crippen LogP contribution in [-0.4, -0.2) is 20.3 Å². The van der Waals surface area contributed by atoms with Crippen molar-refractivity contribution in [3.05, 3.63) is 75.8 Å². The highest BCUT2D eigenvalue weighted by atomic mass is 32.1. The van der Waals surface area contributed by atoms with Gasteiger partial charge in [-0.15, -0.1) is 11.3 Å². The van der Waals surface area contributed by atoms with Gasteiger partial charge in [0, 0.05) is 18.9 Å². The summed E-state index contributed by atoms with van der Waals surface area (Å²) in [5, 5.41) is 2.79. The number of pyridine rings is 1. The summed E-state index contributed by atoms with van der Waals surface area (Å²) in [4.78, 5) is 33.2. The van der Waals surface area contributed by atoms with Crippen molar-refractivity contribution in [3.8, 4) is 0 Å². The third kappa shape index (κ3) is 2.44. The Morgan fingerprint density at radius 2 is 2.08 bits per heavy atom. The van der Waals surface area contributed by atoms with Gasteiger partial charge < -0.3 is 5.32 Å². The maximum atomic E-state index is 12.4. The van der Waals surface area contributed by atoms with Crippen LogP contribution in [-0.2, 0) is 6.54 Å². The first-order valence-electron chi connectivity index (χ1n) is 7.30. The topological polar surface area (TPSA) is 76.4 Å². The predicted molar refractivity (Wildman–Crippen MR) is 92.3 cm³/mol. The maximum Gasteiger partial charge on any atom is 0.270 e. The number of hydrogen-bond acceptors (Lipinski definition) is 5. The molecular weight excluding hydrogens is 324 g/mol. The molecule has 6 nitrogen and oxygen atoms in total. The van der Waals surface area contributed by atoms with E-state index in [1.807, 2.05) is 18.2 Å². The van der Waals surface area contributed by atoms with Crippen LogP contribution >= 0.6 is 11.3 Å². The molecule has 1 N–H and O–H groups in total. The fourth-order valence-corrected chi connectivity index (χ4v) is 3.34. The van der Waals surface area contributed by atoms with Crippen LogP contribution in [0.4, 0.5) is 0 Å². The van der Waals surface area contributed by atoms with Crippen molar-refractivity contribution in [3.63, 3.8) is 0 Å². The first kappa shape index (κ1) is 14.5. The van der Waals surface area contributed by atoms with Gasteiger partial charge in [-0.1, -0.05) is 18.2 Å². The third-order valence-electron chi connectivity index (χ3n) is 3.74. The summed E-state index contributed by atoms with van der Waals surface area (Å²) >= 11 is 1.53. The molecule has 4 aromatic rings. The molecule has 0 aliphatic carbocycles. The standard InChI is InChI=1S/C17H12N4O2S/c22-16(12-9-18-14-6-1-2-7-21(14)17(12)23)19-8-11-4-3-5-13-15(11)24-10-20-13/h1-7,9-10H,8H2,(H,19,22). The van der Waals surface area contributed by atoms with Gasteiger partial charge in [-0.3, -0.25) is 14.0 Å². The van der Waals surface area contributed by atoms with Gasteiger partial charge >= 0.3 is 0 Å². The zero-order chi connectivity index (χ0) is 16.5. The number of carbonyl (C=O) groups excluding carboxylic acids is 1. The molecule has 0 aliphatic rings. The Kier molecular flexibility index (Phi) is 3.55. The average Bonchev–Trinajstić information content (AvgIpc) is 3.09. The third-order valence-corrected chi connectivity index (χ3v) is 4.65. The highest BCUT2D eigenvalue weighted by molar-refractivity contribution is 7.16. The summed E-state index contributed by atoms with van der Waals surface area (Å²) in [6, 6.07) is 11.0. The number of benzene rings is 1. The number of rotatable bonds is 3. The monoisotopic (exact) mass is 336 g/mol. The van der Waals surface area contributed by atoms with E-state index in [1.54, 1.807) is 29.9 Å². The molecule has 118 valence electrons. The summed E-state index contributed by atoms with van der Waals surface area (Å²) < 4.78 is 2.39. The molecule has 0 saturated carbocycles. The van der Waals surface area contributed by atoms with Crippen molar-refractivity contribution < 1.29 is 4.79 Å². The summed E-state index contributed by atoms with van der Waals surface area (Å²) in [5.41, 5.74) is 3.80. The lowest BCUT2D eigenvalue weighted by molar-refractivity contribution is 0.0949. The van der Waals surface area contributed by atoms with Crippen molar-refractivity contribution in [2.45, 2.75) is 6.54 Å². The number of hydrogen-bond donors (Lipinski definition) is 1. The van der Waals surface area contributed by atoms with E-state index in [2.05, 4.69) is 15.3 Å². The molecule has 0 atom stereocenters. The number of amides is 1. The van der Waals surface area contributed by atoms with Crippen molar-refractivity contribution in [2.24, 2.45) is 0 Å². The van der Waals surface area contributed by atoms with Gasteiger partial charge in [-0.25, -0.2) is 9.97 Å². The molecule has 1 aromatic carbocycles. The minimum absolute atomic E-state index is 0.0233. The quantitative estimate of drug-likeness (QED) is 0.622. The van der Waals surface area contributed by atoms with Gasteiger partial charge in [0.25, 0.3) is 11.5 Å². The van der Waals surface area contributed by atoms with Crippen molar-refractivity contribution in [1.29, 1.82) is 0 Å². The summed E-state index contributed by atoms with van der Waals surface area (Å²) in [6.45, 7) is 0.329. The van der Waals surface area contributed by atoms with Crippen LogP contribution in [0.5, 0.6) is 0 Å². The molecule has 24 heavy (non-hydrogen) atoms. The molecule has 0 unspecified atom stereocenters. The largest absolute Gasteiger partial charge is 0.348 e. The van der Waals surface area contributed by atoms with Crippen molar-refractivity contribution in [2.75, 3.05) is 0 Å². The normalized spacial score (nSPS) is 11.0. The second-order valence-electron chi connectivity index (χ2n) is 5.21. The SMILES string of the molecule is O=C(NCc1cccc2ncsc12)c1cnc2ccccn2c1=O. The fraction of sp³-hybridized carbons (Fsp3) is 0.0588. The van der Waals surface area contributed by atoms with Gasteiger partial charge in [-0.05, 0) is 23.8 Å². The van der Waals surface area contributed by atoms with Crippen LogP contribution in [0.25, 0.3) is 15.9 Å². The predicted octanol–water partition coefficient (Wildman–Crippen LogP) is 2.23. The highest BCUT2D eigenvalue weighted by Crippen LogP contribution is 2.21. The maximum absolute atomic E-state index is 12.4. The van der Waals surface area contributed by atoms with Gasteiger partial charge in [0.15, 0.2) is 0 Å². The number of aromatic nitrogens is 3. The summed E-state index contributed by atoms with van der Waals surface area (Å²) in [7, 11) is 0. The van der Waals surface area contributed by atoms with E-state index in [0.29, 0.717) is 12.2 Å². The zero-order valence-electron chi connectivity index (χ0n) is 12.5. The van der Waals surface area contributed by atoms with E-state index in [-0.39, 0.29) is 11.1 Å². The van der Waals surface area contributed by atoms with Gasteiger partial charge in [0.05, 0.1) is 15.7 Å². The Morgan fingerprint density at radius 3 is 3.00 bits per heavy atom. The molecule has 0 aliphatic heterocycles. The number of carbonyl (C=O) groups is 1. The van der Waals surface area contributed by atoms with Crippen LogP contribution in [0.15, 0.2) is 59.1 Å². The fourth-order valence-electron chi connectivity index (χ4n) is 2.54. The lowest BCUT2D eigenvalue weighted by atomic mass is 10.2. The molecule has 7 heteroatoms. The average molecular weight is 336 g/mol. The van der Waals surface area contributed by atoms with Crippen molar-refractivity contribution in [1.82, 2.24) is 19.7 Å². The molecule has 3 heterocycles. The molecule has 4 rings (SSSR count). The minimum atomic E-state index is -0.438. The van der Waals surface area contributed by atoms with E-state index >= 15 is 0 Å². The van der Waals surface area contributed by atoms with Crippen LogP contribution in [0.2, 0.25) is 0 Å². The van der Waals surface area contributed by atoms with Gasteiger partial charge in [0.2, 0.25) is 0 Å². The number of nitrogens with one attached hydrogen (secondary N) is 1. The van der Waals surface area contributed by atoms with E-state index < -0.39 is 5.91 Å². The number of fused-ring (bicyclic) bond motifs is 2. The van der Waals surface area contributed by atoms with Gasteiger partial charge in [-0.2, -0.15) is 0 Å². The van der Waals surface area contributed by atoms with Gasteiger partial charge in [0.1, 0.15) is 11.2 Å². The smallest absolute Gasteiger partial charge is 0.270 e. The molecule has 0 saturated heterocycles. The van der Waals surface area contributed by atoms with Crippen LogP contribution in [0, 0.1) is 0 Å². The lowest BCUT2D eigenvalue weighted by Crippen LogP contribution is -2.31. The highest BCUT2D eigenvalue weighted by Gasteiger charge is 2.13. The summed E-state index contributed by atoms with van der Waals surface area (Å²) in [5.74, 6) is -0.438. The van der Waals surface area contributed by atoms with Crippen LogP contribution in [0.3, 0.4) is 0 Å². The van der Waals surface area contributed by atoms with Crippen LogP contribution in [0.1, 0.15) is 15.9 Å². The first-order valence-corrected chi connectivity index (χ1v) is 8.18. The first-order chi connectivity index (χ1) is 11.7. The second kappa shape index (κ2) is 5.86. The molecular formula is C17H12N4O2S. The second-order valence-corrected chi connectivity index (χ2v) is 6.06. The van der Waals surface area contributed by atoms with E-state index in [4.69, 9.17) is 0 Å². The van der Waals surface area contributed by atoms with E-state index in [9.17, 15) is 9.59 Å². The molecule has 3 aromatic heterocycles. The molecule has 1 amide bonds. The molecule has 0 radical (unpaired) electrons.